The largest absolute Gasteiger partial charge is 0.487 e. The third kappa shape index (κ3) is 7.17. The van der Waals surface area contributed by atoms with Gasteiger partial charge in [-0.3, -0.25) is 4.68 Å². The van der Waals surface area contributed by atoms with Crippen molar-refractivity contribution in [2.75, 3.05) is 25.0 Å². The molecular weight excluding hydrogens is 631 g/mol. The Morgan fingerprint density at radius 2 is 1.94 bits per heavy atom. The number of anilines is 2. The first kappa shape index (κ1) is 32.0. The molecule has 0 unspecified atom stereocenters. The molecule has 7 rings (SSSR count). The minimum absolute atomic E-state index is 0.230. The Morgan fingerprint density at radius 1 is 1.09 bits per heavy atom. The lowest BCUT2D eigenvalue weighted by Crippen LogP contribution is -2.37. The molecule has 2 aliphatic rings. The van der Waals surface area contributed by atoms with Gasteiger partial charge in [-0.1, -0.05) is 50.4 Å². The predicted octanol–water partition coefficient (Wildman–Crippen LogP) is 9.31. The summed E-state index contributed by atoms with van der Waals surface area (Å²) in [5, 5.41) is 10.1. The van der Waals surface area contributed by atoms with Crippen LogP contribution in [0.5, 0.6) is 5.75 Å². The number of nitrogens with zero attached hydrogens (tertiary/aromatic N) is 5. The molecule has 1 fully saturated rings. The highest BCUT2D eigenvalue weighted by molar-refractivity contribution is 7.22. The third-order valence-electron chi connectivity index (χ3n) is 9.90. The lowest BCUT2D eigenvalue weighted by Gasteiger charge is -2.34. The molecule has 3 aromatic heterocycles. The van der Waals surface area contributed by atoms with Crippen molar-refractivity contribution in [3.05, 3.63) is 82.6 Å². The van der Waals surface area contributed by atoms with Crippen LogP contribution in [-0.4, -0.2) is 44.3 Å². The Labute approximate surface area is 285 Å². The van der Waals surface area contributed by atoms with Crippen molar-refractivity contribution in [1.29, 1.82) is 0 Å². The number of hydrogen-bond acceptors (Lipinski definition) is 7. The molecule has 0 bridgehead atoms. The summed E-state index contributed by atoms with van der Waals surface area (Å²) in [6.07, 6.45) is 12.0. The predicted molar refractivity (Wildman–Crippen MR) is 189 cm³/mol. The topological polar surface area (TPSA) is 68.1 Å². The van der Waals surface area contributed by atoms with E-state index in [1.165, 1.54) is 85.6 Å². The van der Waals surface area contributed by atoms with E-state index in [0.717, 1.165) is 58.5 Å². The Bertz CT molecular complexity index is 1840. The fraction of sp³-hybridized carbons (Fsp3) is 0.432. The van der Waals surface area contributed by atoms with E-state index in [1.54, 1.807) is 23.7 Å². The lowest BCUT2D eigenvalue weighted by atomic mass is 9.92. The van der Waals surface area contributed by atoms with Crippen LogP contribution in [0.25, 0.3) is 20.7 Å². The van der Waals surface area contributed by atoms with E-state index >= 15 is 0 Å². The van der Waals surface area contributed by atoms with Crippen LogP contribution in [-0.2, 0) is 26.0 Å². The minimum Gasteiger partial charge on any atom is -0.487 e. The number of rotatable bonds is 12. The molecule has 246 valence electrons. The van der Waals surface area contributed by atoms with Crippen LogP contribution >= 0.6 is 22.9 Å². The molecule has 0 amide bonds. The number of hydrogen-bond donors (Lipinski definition) is 1. The molecule has 1 saturated heterocycles. The number of halogens is 2. The average Bonchev–Trinajstić information content (AvgIpc) is 3.68. The van der Waals surface area contributed by atoms with Gasteiger partial charge in [-0.2, -0.15) is 5.10 Å². The summed E-state index contributed by atoms with van der Waals surface area (Å²) < 4.78 is 21.6. The molecule has 4 heterocycles. The summed E-state index contributed by atoms with van der Waals surface area (Å²) in [4.78, 5) is 14.2. The molecule has 0 atom stereocenters. The Hall–Kier alpha value is -3.53. The Kier molecular flexibility index (Phi) is 9.75. The van der Waals surface area contributed by atoms with Gasteiger partial charge in [0.25, 0.3) is 0 Å². The maximum atomic E-state index is 13.5. The number of thiophene rings is 1. The second-order valence-electron chi connectivity index (χ2n) is 13.0. The first-order valence-corrected chi connectivity index (χ1v) is 18.2. The molecule has 1 N–H and O–H groups in total. The highest BCUT2D eigenvalue weighted by Crippen LogP contribution is 2.45. The van der Waals surface area contributed by atoms with Crippen LogP contribution in [0.4, 0.5) is 15.9 Å². The maximum absolute atomic E-state index is 13.5. The summed E-state index contributed by atoms with van der Waals surface area (Å²) in [5.41, 5.74) is 5.26. The molecule has 0 spiro atoms. The molecule has 2 aromatic carbocycles. The Morgan fingerprint density at radius 3 is 2.72 bits per heavy atom. The third-order valence-corrected chi connectivity index (χ3v) is 11.4. The summed E-state index contributed by atoms with van der Waals surface area (Å²) in [6.45, 7) is 9.58. The maximum Gasteiger partial charge on any atom is 0.142 e. The van der Waals surface area contributed by atoms with E-state index in [0.29, 0.717) is 10.8 Å². The zero-order valence-corrected chi connectivity index (χ0v) is 28.7. The lowest BCUT2D eigenvalue weighted by molar-refractivity contribution is 0.150. The zero-order valence-electron chi connectivity index (χ0n) is 27.1. The smallest absolute Gasteiger partial charge is 0.142 e. The van der Waals surface area contributed by atoms with E-state index < -0.39 is 0 Å². The summed E-state index contributed by atoms with van der Waals surface area (Å²) in [7, 11) is 0. The van der Waals surface area contributed by atoms with Gasteiger partial charge >= 0.3 is 0 Å². The van der Waals surface area contributed by atoms with Crippen molar-refractivity contribution in [3.63, 3.8) is 0 Å². The van der Waals surface area contributed by atoms with Crippen molar-refractivity contribution in [2.45, 2.75) is 71.9 Å². The average molecular weight is 673 g/mol. The van der Waals surface area contributed by atoms with Crippen LogP contribution < -0.4 is 10.1 Å². The fourth-order valence-corrected chi connectivity index (χ4v) is 8.50. The summed E-state index contributed by atoms with van der Waals surface area (Å²) in [6, 6.07) is 11.9. The molecule has 1 aliphatic carbocycles. The van der Waals surface area contributed by atoms with E-state index in [9.17, 15) is 4.39 Å². The summed E-state index contributed by atoms with van der Waals surface area (Å²) in [5.74, 6) is 2.63. The quantitative estimate of drug-likeness (QED) is 0.142. The molecule has 1 aliphatic heterocycles. The minimum atomic E-state index is -0.289. The highest BCUT2D eigenvalue weighted by Gasteiger charge is 2.27. The number of likely N-dealkylation sites (tertiary alicyclic amines) is 1. The number of fused-ring (bicyclic) bond motifs is 5. The van der Waals surface area contributed by atoms with Crippen LogP contribution in [0.2, 0.25) is 5.02 Å². The van der Waals surface area contributed by atoms with Crippen LogP contribution in [0.3, 0.4) is 0 Å². The zero-order chi connectivity index (χ0) is 32.3. The SMILES string of the molecule is CCC(CC)CN1CCC(CCn2cc3c(n2)CCc2c-3sc3ncnc(Nc4ccc(OCc5cccc(F)c5)c(Cl)c4)c23)CC1. The van der Waals surface area contributed by atoms with E-state index in [1.807, 2.05) is 24.3 Å². The first-order chi connectivity index (χ1) is 23.0. The highest BCUT2D eigenvalue weighted by atomic mass is 35.5. The Balaban J connectivity index is 1.02. The van der Waals surface area contributed by atoms with Crippen LogP contribution in [0.15, 0.2) is 55.0 Å². The van der Waals surface area contributed by atoms with Crippen molar-refractivity contribution in [1.82, 2.24) is 24.6 Å². The van der Waals surface area contributed by atoms with Gasteiger partial charge in [-0.05, 0) is 98.5 Å². The van der Waals surface area contributed by atoms with E-state index in [-0.39, 0.29) is 12.4 Å². The monoisotopic (exact) mass is 672 g/mol. The number of aromatic nitrogens is 4. The standard InChI is InChI=1S/C37H42ClFN6OS/c1-3-24(4-2)20-44-15-12-25(13-16-44)14-17-45-21-30-32(43-45)10-9-29-34-36(40-23-41-37(34)47-35(29)30)42-28-8-11-33(31(38)19-28)46-22-26-6-5-7-27(39)18-26/h5-8,11,18-19,21,23-25H,3-4,9-10,12-17,20,22H2,1-2H3,(H,40,41,42). The van der Waals surface area contributed by atoms with Gasteiger partial charge in [0, 0.05) is 35.4 Å². The van der Waals surface area contributed by atoms with E-state index in [2.05, 4.69) is 44.9 Å². The fourth-order valence-electron chi connectivity index (χ4n) is 7.04. The number of aryl methyl sites for hydroxylation is 3. The van der Waals surface area contributed by atoms with Crippen molar-refractivity contribution in [2.24, 2.45) is 11.8 Å². The molecule has 0 radical (unpaired) electrons. The van der Waals surface area contributed by atoms with Gasteiger partial charge in [0.2, 0.25) is 0 Å². The van der Waals surface area contributed by atoms with Gasteiger partial charge < -0.3 is 15.0 Å². The van der Waals surface area contributed by atoms with Crippen molar-refractivity contribution < 1.29 is 9.13 Å². The van der Waals surface area contributed by atoms with Crippen LogP contribution in [0.1, 0.15) is 62.8 Å². The summed E-state index contributed by atoms with van der Waals surface area (Å²) >= 11 is 8.32. The van der Waals surface area contributed by atoms with Gasteiger partial charge in [-0.15, -0.1) is 11.3 Å². The number of nitrogens with one attached hydrogen (secondary N) is 1. The number of piperidine rings is 1. The second-order valence-corrected chi connectivity index (χ2v) is 14.4. The molecule has 10 heteroatoms. The normalized spacial score (nSPS) is 15.3. The van der Waals surface area contributed by atoms with Crippen LogP contribution in [0, 0.1) is 17.7 Å². The van der Waals surface area contributed by atoms with E-state index in [4.69, 9.17) is 21.4 Å². The van der Waals surface area contributed by atoms with Gasteiger partial charge in [0.1, 0.15) is 35.1 Å². The van der Waals surface area contributed by atoms with Gasteiger partial charge in [0.05, 0.1) is 16.1 Å². The van der Waals surface area contributed by atoms with Crippen molar-refractivity contribution in [3.8, 4) is 16.2 Å². The molecule has 47 heavy (non-hydrogen) atoms. The van der Waals surface area contributed by atoms with Gasteiger partial charge in [0.15, 0.2) is 0 Å². The molecule has 7 nitrogen and oxygen atoms in total. The van der Waals surface area contributed by atoms with Gasteiger partial charge in [-0.25, -0.2) is 14.4 Å². The first-order valence-electron chi connectivity index (χ1n) is 17.0. The molecule has 5 aromatic rings. The molecular formula is C37H42ClFN6OS. The second kappa shape index (κ2) is 14.3. The van der Waals surface area contributed by atoms with Crippen molar-refractivity contribution >= 4 is 44.7 Å². The number of ether oxygens (including phenoxy) is 1. The molecule has 0 saturated carbocycles. The number of benzene rings is 2.